The van der Waals surface area contributed by atoms with E-state index in [1.165, 1.54) is 16.0 Å². The Morgan fingerprint density at radius 3 is 1.62 bits per heavy atom. The summed E-state index contributed by atoms with van der Waals surface area (Å²) in [6.07, 6.45) is 0.446. The predicted octanol–water partition coefficient (Wildman–Crippen LogP) is 4.63. The van der Waals surface area contributed by atoms with Crippen molar-refractivity contribution in [2.45, 2.75) is 32.4 Å². The third kappa shape index (κ3) is 4.94. The molecule has 3 aromatic carbocycles. The molecule has 2 aliphatic heterocycles. The number of nitrogens with zero attached hydrogens (tertiary/aromatic N) is 3. The average Bonchev–Trinajstić information content (AvgIpc) is 3.18. The highest BCUT2D eigenvalue weighted by molar-refractivity contribution is 6.22. The van der Waals surface area contributed by atoms with Crippen LogP contribution in [0.1, 0.15) is 58.2 Å². The van der Waals surface area contributed by atoms with Gasteiger partial charge in [-0.25, -0.2) is 0 Å². The molecular formula is C31H33N3O3. The molecule has 0 aromatic heterocycles. The highest BCUT2D eigenvalue weighted by Crippen LogP contribution is 2.31. The molecule has 5 rings (SSSR count). The Morgan fingerprint density at radius 2 is 1.16 bits per heavy atom. The largest absolute Gasteiger partial charge is 0.338 e. The number of carbonyl (C=O) groups is 3. The summed E-state index contributed by atoms with van der Waals surface area (Å²) >= 11 is 0. The minimum atomic E-state index is -0.794. The average molecular weight is 496 g/mol. The second-order valence-corrected chi connectivity index (χ2v) is 10.3. The molecule has 6 nitrogen and oxygen atoms in total. The maximum Gasteiger partial charge on any atom is 0.262 e. The van der Waals surface area contributed by atoms with Crippen molar-refractivity contribution in [2.24, 2.45) is 5.92 Å². The van der Waals surface area contributed by atoms with Gasteiger partial charge in [-0.1, -0.05) is 86.6 Å². The predicted molar refractivity (Wildman–Crippen MR) is 143 cm³/mol. The van der Waals surface area contributed by atoms with Crippen molar-refractivity contribution in [3.8, 4) is 0 Å². The molecule has 6 heteroatoms. The molecule has 0 unspecified atom stereocenters. The third-order valence-corrected chi connectivity index (χ3v) is 7.34. The topological polar surface area (TPSA) is 60.9 Å². The Balaban J connectivity index is 1.35. The van der Waals surface area contributed by atoms with Gasteiger partial charge < -0.3 is 4.90 Å². The van der Waals surface area contributed by atoms with Crippen LogP contribution in [0, 0.1) is 5.92 Å². The van der Waals surface area contributed by atoms with E-state index in [4.69, 9.17) is 0 Å². The first-order valence-electron chi connectivity index (χ1n) is 13.1. The lowest BCUT2D eigenvalue weighted by atomic mass is 9.96. The number of rotatable bonds is 7. The van der Waals surface area contributed by atoms with E-state index < -0.39 is 6.04 Å². The number of benzene rings is 3. The number of imide groups is 1. The summed E-state index contributed by atoms with van der Waals surface area (Å²) in [4.78, 5) is 45.7. The summed E-state index contributed by atoms with van der Waals surface area (Å²) in [5, 5.41) is 0. The lowest BCUT2D eigenvalue weighted by Gasteiger charge is -2.41. The van der Waals surface area contributed by atoms with E-state index in [-0.39, 0.29) is 29.7 Å². The minimum Gasteiger partial charge on any atom is -0.338 e. The lowest BCUT2D eigenvalue weighted by molar-refractivity contribution is -0.138. The molecule has 0 radical (unpaired) electrons. The van der Waals surface area contributed by atoms with Gasteiger partial charge in [-0.05, 0) is 35.6 Å². The monoisotopic (exact) mass is 495 g/mol. The van der Waals surface area contributed by atoms with Gasteiger partial charge in [0.05, 0.1) is 17.2 Å². The molecule has 0 aliphatic carbocycles. The van der Waals surface area contributed by atoms with Crippen molar-refractivity contribution < 1.29 is 14.4 Å². The van der Waals surface area contributed by atoms with E-state index >= 15 is 0 Å². The van der Waals surface area contributed by atoms with E-state index in [1.807, 2.05) is 30.9 Å². The van der Waals surface area contributed by atoms with Crippen molar-refractivity contribution >= 4 is 17.7 Å². The SMILES string of the molecule is CC(C)C[C@@H](C(=O)N1CCN(C(c2ccccc2)c2ccccc2)CC1)N1C(=O)c2ccccc2C1=O. The van der Waals surface area contributed by atoms with Gasteiger partial charge in [-0.3, -0.25) is 24.2 Å². The first-order valence-corrected chi connectivity index (χ1v) is 13.1. The maximum atomic E-state index is 13.8. The molecule has 0 spiro atoms. The number of carbonyl (C=O) groups excluding carboxylic acids is 3. The number of hydrogen-bond acceptors (Lipinski definition) is 4. The number of amides is 3. The van der Waals surface area contributed by atoms with Crippen LogP contribution < -0.4 is 0 Å². The van der Waals surface area contributed by atoms with Crippen LogP contribution in [0.15, 0.2) is 84.9 Å². The van der Waals surface area contributed by atoms with E-state index in [0.29, 0.717) is 43.7 Å². The molecule has 37 heavy (non-hydrogen) atoms. The van der Waals surface area contributed by atoms with Crippen LogP contribution in [0.5, 0.6) is 0 Å². The second-order valence-electron chi connectivity index (χ2n) is 10.3. The van der Waals surface area contributed by atoms with E-state index in [9.17, 15) is 14.4 Å². The van der Waals surface area contributed by atoms with Gasteiger partial charge in [0.2, 0.25) is 5.91 Å². The smallest absolute Gasteiger partial charge is 0.262 e. The van der Waals surface area contributed by atoms with Gasteiger partial charge in [0, 0.05) is 26.2 Å². The van der Waals surface area contributed by atoms with Crippen LogP contribution in [0.25, 0.3) is 0 Å². The molecule has 0 bridgehead atoms. The fourth-order valence-electron chi connectivity index (χ4n) is 5.55. The summed E-state index contributed by atoms with van der Waals surface area (Å²) in [5.74, 6) is -0.725. The minimum absolute atomic E-state index is 0.0994. The lowest BCUT2D eigenvalue weighted by Crippen LogP contribution is -2.56. The van der Waals surface area contributed by atoms with Crippen LogP contribution in [-0.4, -0.2) is 64.6 Å². The fraction of sp³-hybridized carbons (Fsp3) is 0.323. The van der Waals surface area contributed by atoms with Crippen molar-refractivity contribution in [3.05, 3.63) is 107 Å². The van der Waals surface area contributed by atoms with E-state index in [0.717, 1.165) is 0 Å². The molecule has 3 amide bonds. The molecular weight excluding hydrogens is 462 g/mol. The first kappa shape index (κ1) is 24.9. The van der Waals surface area contributed by atoms with Gasteiger partial charge in [0.1, 0.15) is 6.04 Å². The molecule has 190 valence electrons. The van der Waals surface area contributed by atoms with Gasteiger partial charge >= 0.3 is 0 Å². The number of hydrogen-bond donors (Lipinski definition) is 0. The summed E-state index contributed by atoms with van der Waals surface area (Å²) in [7, 11) is 0. The highest BCUT2D eigenvalue weighted by Gasteiger charge is 2.44. The Bertz CT molecular complexity index is 1190. The quantitative estimate of drug-likeness (QED) is 0.449. The molecule has 1 saturated heterocycles. The zero-order valence-corrected chi connectivity index (χ0v) is 21.4. The van der Waals surface area contributed by atoms with Crippen molar-refractivity contribution in [2.75, 3.05) is 26.2 Å². The zero-order chi connectivity index (χ0) is 25.9. The fourth-order valence-corrected chi connectivity index (χ4v) is 5.55. The molecule has 0 N–H and O–H groups in total. The molecule has 1 atom stereocenters. The van der Waals surface area contributed by atoms with Gasteiger partial charge in [-0.15, -0.1) is 0 Å². The molecule has 1 fully saturated rings. The van der Waals surface area contributed by atoms with Crippen molar-refractivity contribution in [3.63, 3.8) is 0 Å². The van der Waals surface area contributed by atoms with E-state index in [1.54, 1.807) is 24.3 Å². The third-order valence-electron chi connectivity index (χ3n) is 7.34. The molecule has 3 aromatic rings. The Morgan fingerprint density at radius 1 is 0.703 bits per heavy atom. The van der Waals surface area contributed by atoms with E-state index in [2.05, 4.69) is 53.4 Å². The normalized spacial score (nSPS) is 17.0. The molecule has 2 aliphatic rings. The Kier molecular flexibility index (Phi) is 7.19. The van der Waals surface area contributed by atoms with Crippen LogP contribution in [0.3, 0.4) is 0 Å². The number of piperazine rings is 1. The zero-order valence-electron chi connectivity index (χ0n) is 21.4. The maximum absolute atomic E-state index is 13.8. The van der Waals surface area contributed by atoms with Crippen LogP contribution in [-0.2, 0) is 4.79 Å². The highest BCUT2D eigenvalue weighted by atomic mass is 16.2. The second kappa shape index (κ2) is 10.7. The van der Waals surface area contributed by atoms with Crippen LogP contribution in [0.4, 0.5) is 0 Å². The molecule has 0 saturated carbocycles. The summed E-state index contributed by atoms with van der Waals surface area (Å²) in [6.45, 7) is 6.54. The molecule has 2 heterocycles. The van der Waals surface area contributed by atoms with Crippen molar-refractivity contribution in [1.82, 2.24) is 14.7 Å². The van der Waals surface area contributed by atoms with Gasteiger partial charge in [0.25, 0.3) is 11.8 Å². The van der Waals surface area contributed by atoms with Crippen LogP contribution in [0.2, 0.25) is 0 Å². The standard InChI is InChI=1S/C31H33N3O3/c1-22(2)21-27(34-29(35)25-15-9-10-16-26(25)30(34)36)31(37)33-19-17-32(18-20-33)28(23-11-5-3-6-12-23)24-13-7-4-8-14-24/h3-16,22,27-28H,17-21H2,1-2H3/t27-/m0/s1. The first-order chi connectivity index (χ1) is 18.0. The summed E-state index contributed by atoms with van der Waals surface area (Å²) in [5.41, 5.74) is 3.20. The van der Waals surface area contributed by atoms with Crippen LogP contribution >= 0.6 is 0 Å². The number of fused-ring (bicyclic) bond motifs is 1. The van der Waals surface area contributed by atoms with Crippen molar-refractivity contribution in [1.29, 1.82) is 0 Å². The Hall–Kier alpha value is -3.77. The Labute approximate surface area is 218 Å². The summed E-state index contributed by atoms with van der Waals surface area (Å²) < 4.78 is 0. The summed E-state index contributed by atoms with van der Waals surface area (Å²) in [6, 6.07) is 27.0. The van der Waals surface area contributed by atoms with Gasteiger partial charge in [0.15, 0.2) is 0 Å². The van der Waals surface area contributed by atoms with Gasteiger partial charge in [-0.2, -0.15) is 0 Å².